The number of halogens is 1. The van der Waals surface area contributed by atoms with Crippen molar-refractivity contribution < 1.29 is 18.9 Å². The van der Waals surface area contributed by atoms with E-state index in [0.717, 1.165) is 17.7 Å². The number of likely N-dealkylation sites (N-methyl/N-ethyl adjacent to an activating group) is 1. The van der Waals surface area contributed by atoms with Crippen LogP contribution in [0.5, 0.6) is 0 Å². The van der Waals surface area contributed by atoms with E-state index >= 15 is 0 Å². The molecule has 26 heavy (non-hydrogen) atoms. The van der Waals surface area contributed by atoms with Gasteiger partial charge >= 0.3 is 0 Å². The predicted molar refractivity (Wildman–Crippen MR) is 100 cm³/mol. The number of anilines is 1. The highest BCUT2D eigenvalue weighted by atomic mass is 19.1. The minimum absolute atomic E-state index is 0.0213. The second kappa shape index (κ2) is 9.12. The average Bonchev–Trinajstić information content (AvgIpc) is 2.58. The summed E-state index contributed by atoms with van der Waals surface area (Å²) in [5, 5.41) is 5.84. The van der Waals surface area contributed by atoms with Gasteiger partial charge < -0.3 is 15.5 Å². The standard InChI is InChI=1S/C20H30FN3O2/c1-13-7-5-10-18(14(13)2)23-20(26)15(3)24(4)12-19(25)22-17-9-6-8-16(21)11-17/h6,8-9,11,13-15,18H,5,7,10,12H2,1-4H3,(H,22,25)(H,23,26)/p+1/t13-,14+,15+,18+/m0/s1. The molecule has 0 aromatic heterocycles. The molecule has 0 aliphatic heterocycles. The molecule has 0 heterocycles. The average molecular weight is 364 g/mol. The lowest BCUT2D eigenvalue weighted by atomic mass is 9.78. The highest BCUT2D eigenvalue weighted by Gasteiger charge is 2.31. The molecule has 1 aromatic rings. The van der Waals surface area contributed by atoms with Crippen molar-refractivity contribution in [2.75, 3.05) is 18.9 Å². The predicted octanol–water partition coefficient (Wildman–Crippen LogP) is 1.61. The minimum Gasteiger partial charge on any atom is -0.348 e. The second-order valence-electron chi connectivity index (χ2n) is 7.69. The lowest BCUT2D eigenvalue weighted by Crippen LogP contribution is -3.15. The third kappa shape index (κ3) is 5.53. The number of hydrogen-bond donors (Lipinski definition) is 3. The zero-order valence-corrected chi connectivity index (χ0v) is 16.1. The van der Waals surface area contributed by atoms with Gasteiger partial charge in [0.05, 0.1) is 7.05 Å². The molecular weight excluding hydrogens is 333 g/mol. The first-order valence-corrected chi connectivity index (χ1v) is 9.46. The molecule has 1 aliphatic rings. The summed E-state index contributed by atoms with van der Waals surface area (Å²) in [6.45, 7) is 6.40. The molecule has 1 saturated carbocycles. The number of hydrogen-bond acceptors (Lipinski definition) is 2. The summed E-state index contributed by atoms with van der Waals surface area (Å²) >= 11 is 0. The SMILES string of the molecule is C[C@@H]1[C@@H](C)CCC[C@H]1NC(=O)[C@@H](C)[NH+](C)CC(=O)Nc1cccc(F)c1. The first kappa shape index (κ1) is 20.4. The normalized spacial score (nSPS) is 25.2. The van der Waals surface area contributed by atoms with Gasteiger partial charge in [-0.2, -0.15) is 0 Å². The fraction of sp³-hybridized carbons (Fsp3) is 0.600. The second-order valence-corrected chi connectivity index (χ2v) is 7.69. The summed E-state index contributed by atoms with van der Waals surface area (Å²) in [6, 6.07) is 5.66. The molecule has 0 radical (unpaired) electrons. The van der Waals surface area contributed by atoms with E-state index in [1.807, 2.05) is 14.0 Å². The van der Waals surface area contributed by atoms with Gasteiger partial charge in [-0.3, -0.25) is 9.59 Å². The van der Waals surface area contributed by atoms with E-state index in [2.05, 4.69) is 24.5 Å². The number of carbonyl (C=O) groups is 2. The van der Waals surface area contributed by atoms with Gasteiger partial charge in [-0.25, -0.2) is 4.39 Å². The molecule has 5 atom stereocenters. The Bertz CT molecular complexity index is 637. The highest BCUT2D eigenvalue weighted by molar-refractivity contribution is 5.91. The first-order chi connectivity index (χ1) is 12.3. The molecule has 3 N–H and O–H groups in total. The van der Waals surface area contributed by atoms with E-state index in [9.17, 15) is 14.0 Å². The summed E-state index contributed by atoms with van der Waals surface area (Å²) in [5.74, 6) is 0.425. The monoisotopic (exact) mass is 364 g/mol. The molecule has 6 heteroatoms. The van der Waals surface area contributed by atoms with E-state index in [1.54, 1.807) is 12.1 Å². The van der Waals surface area contributed by atoms with Crippen LogP contribution < -0.4 is 15.5 Å². The molecule has 1 aliphatic carbocycles. The largest absolute Gasteiger partial charge is 0.348 e. The van der Waals surface area contributed by atoms with Crippen LogP contribution in [-0.4, -0.2) is 37.5 Å². The van der Waals surface area contributed by atoms with Crippen LogP contribution in [-0.2, 0) is 9.59 Å². The fourth-order valence-corrected chi connectivity index (χ4v) is 3.49. The quantitative estimate of drug-likeness (QED) is 0.718. The Hall–Kier alpha value is -1.95. The van der Waals surface area contributed by atoms with E-state index in [1.165, 1.54) is 18.6 Å². The zero-order chi connectivity index (χ0) is 19.3. The molecule has 0 bridgehead atoms. The molecule has 144 valence electrons. The van der Waals surface area contributed by atoms with Crippen LogP contribution in [0, 0.1) is 17.7 Å². The van der Waals surface area contributed by atoms with Gasteiger partial charge in [-0.1, -0.05) is 32.8 Å². The van der Waals surface area contributed by atoms with Gasteiger partial charge in [-0.05, 0) is 43.4 Å². The minimum atomic E-state index is -0.396. The number of nitrogens with one attached hydrogen (secondary N) is 3. The van der Waals surface area contributed by atoms with Crippen molar-refractivity contribution in [3.8, 4) is 0 Å². The van der Waals surface area contributed by atoms with Gasteiger partial charge in [0.25, 0.3) is 11.8 Å². The molecule has 0 spiro atoms. The van der Waals surface area contributed by atoms with Crippen molar-refractivity contribution in [3.63, 3.8) is 0 Å². The lowest BCUT2D eigenvalue weighted by molar-refractivity contribution is -0.885. The maximum absolute atomic E-state index is 13.2. The van der Waals surface area contributed by atoms with Crippen LogP contribution in [0.3, 0.4) is 0 Å². The molecule has 2 amide bonds. The summed E-state index contributed by atoms with van der Waals surface area (Å²) < 4.78 is 13.2. The van der Waals surface area contributed by atoms with Gasteiger partial charge in [0, 0.05) is 11.7 Å². The number of carbonyl (C=O) groups excluding carboxylic acids is 2. The Morgan fingerprint density at radius 3 is 2.73 bits per heavy atom. The molecular formula is C20H31FN3O2+. The molecule has 1 unspecified atom stereocenters. The lowest BCUT2D eigenvalue weighted by Gasteiger charge is -2.35. The van der Waals surface area contributed by atoms with E-state index in [4.69, 9.17) is 0 Å². The number of rotatable bonds is 6. The van der Waals surface area contributed by atoms with Gasteiger partial charge in [-0.15, -0.1) is 0 Å². The third-order valence-corrected chi connectivity index (χ3v) is 5.71. The summed E-state index contributed by atoms with van der Waals surface area (Å²) in [4.78, 5) is 25.5. The summed E-state index contributed by atoms with van der Waals surface area (Å²) in [7, 11) is 1.82. The number of amides is 2. The maximum atomic E-state index is 13.2. The molecule has 2 rings (SSSR count). The van der Waals surface area contributed by atoms with Crippen molar-refractivity contribution in [3.05, 3.63) is 30.1 Å². The van der Waals surface area contributed by atoms with Gasteiger partial charge in [0.15, 0.2) is 12.6 Å². The van der Waals surface area contributed by atoms with E-state index < -0.39 is 5.82 Å². The van der Waals surface area contributed by atoms with Crippen molar-refractivity contribution in [1.29, 1.82) is 0 Å². The Morgan fingerprint density at radius 1 is 1.31 bits per heavy atom. The Morgan fingerprint density at radius 2 is 2.04 bits per heavy atom. The van der Waals surface area contributed by atoms with Crippen LogP contribution in [0.4, 0.5) is 10.1 Å². The molecule has 1 fully saturated rings. The van der Waals surface area contributed by atoms with Gasteiger partial charge in [0.1, 0.15) is 5.82 Å². The Kier molecular flexibility index (Phi) is 7.14. The first-order valence-electron chi connectivity index (χ1n) is 9.46. The van der Waals surface area contributed by atoms with E-state index in [0.29, 0.717) is 17.5 Å². The Labute approximate surface area is 155 Å². The Balaban J connectivity index is 1.84. The van der Waals surface area contributed by atoms with Crippen LogP contribution in [0.2, 0.25) is 0 Å². The zero-order valence-electron chi connectivity index (χ0n) is 16.1. The smallest absolute Gasteiger partial charge is 0.279 e. The van der Waals surface area contributed by atoms with Crippen LogP contribution >= 0.6 is 0 Å². The highest BCUT2D eigenvalue weighted by Crippen LogP contribution is 2.29. The molecule has 5 nitrogen and oxygen atoms in total. The molecule has 0 saturated heterocycles. The molecule has 1 aromatic carbocycles. The summed E-state index contributed by atoms with van der Waals surface area (Å²) in [5.41, 5.74) is 0.421. The topological polar surface area (TPSA) is 62.6 Å². The van der Waals surface area contributed by atoms with Crippen LogP contribution in [0.25, 0.3) is 0 Å². The van der Waals surface area contributed by atoms with Crippen LogP contribution in [0.15, 0.2) is 24.3 Å². The van der Waals surface area contributed by atoms with Crippen molar-refractivity contribution in [2.45, 2.75) is 52.1 Å². The summed E-state index contributed by atoms with van der Waals surface area (Å²) in [6.07, 6.45) is 3.38. The van der Waals surface area contributed by atoms with Crippen molar-refractivity contribution >= 4 is 17.5 Å². The van der Waals surface area contributed by atoms with Crippen LogP contribution in [0.1, 0.15) is 40.0 Å². The number of quaternary nitrogens is 1. The van der Waals surface area contributed by atoms with E-state index in [-0.39, 0.29) is 30.4 Å². The van der Waals surface area contributed by atoms with Crippen molar-refractivity contribution in [2.24, 2.45) is 11.8 Å². The van der Waals surface area contributed by atoms with Crippen molar-refractivity contribution in [1.82, 2.24) is 5.32 Å². The number of benzene rings is 1. The third-order valence-electron chi connectivity index (χ3n) is 5.71. The maximum Gasteiger partial charge on any atom is 0.279 e. The fourth-order valence-electron chi connectivity index (χ4n) is 3.49. The van der Waals surface area contributed by atoms with Gasteiger partial charge in [0.2, 0.25) is 0 Å².